The number of sulfonamides is 1. The Balaban J connectivity index is 1.76. The smallest absolute Gasteiger partial charge is 0.240 e. The predicted molar refractivity (Wildman–Crippen MR) is 83.5 cm³/mol. The van der Waals surface area contributed by atoms with Crippen molar-refractivity contribution in [3.63, 3.8) is 0 Å². The summed E-state index contributed by atoms with van der Waals surface area (Å²) in [7, 11) is -3.38. The van der Waals surface area contributed by atoms with E-state index in [1.54, 1.807) is 30.5 Å². The second-order valence-electron chi connectivity index (χ2n) is 5.03. The van der Waals surface area contributed by atoms with E-state index in [2.05, 4.69) is 9.71 Å². The van der Waals surface area contributed by atoms with Crippen molar-refractivity contribution in [3.05, 3.63) is 59.9 Å². The Kier molecular flexibility index (Phi) is 5.47. The van der Waals surface area contributed by atoms with Gasteiger partial charge in [-0.15, -0.1) is 0 Å². The van der Waals surface area contributed by atoms with Gasteiger partial charge >= 0.3 is 0 Å². The second-order valence-corrected chi connectivity index (χ2v) is 6.80. The molecule has 0 aliphatic heterocycles. The summed E-state index contributed by atoms with van der Waals surface area (Å²) >= 11 is 0. The molecule has 112 valence electrons. The lowest BCUT2D eigenvalue weighted by Crippen LogP contribution is -2.24. The van der Waals surface area contributed by atoms with E-state index < -0.39 is 10.0 Å². The van der Waals surface area contributed by atoms with E-state index in [1.807, 2.05) is 25.3 Å². The van der Waals surface area contributed by atoms with E-state index in [9.17, 15) is 8.42 Å². The SMILES string of the molecule is Cc1ccc(S(=O)(=O)NCCCCc2cccnc2)cc1. The molecule has 0 saturated heterocycles. The molecule has 0 amide bonds. The number of rotatable bonds is 7. The van der Waals surface area contributed by atoms with Crippen LogP contribution in [0, 0.1) is 6.92 Å². The van der Waals surface area contributed by atoms with Crippen molar-refractivity contribution in [2.75, 3.05) is 6.54 Å². The molecule has 4 nitrogen and oxygen atoms in total. The Labute approximate surface area is 126 Å². The minimum Gasteiger partial charge on any atom is -0.264 e. The van der Waals surface area contributed by atoms with E-state index >= 15 is 0 Å². The first-order valence-corrected chi connectivity index (χ1v) is 8.51. The van der Waals surface area contributed by atoms with E-state index in [4.69, 9.17) is 0 Å². The highest BCUT2D eigenvalue weighted by molar-refractivity contribution is 7.89. The lowest BCUT2D eigenvalue weighted by atomic mass is 10.1. The molecule has 1 aromatic heterocycles. The van der Waals surface area contributed by atoms with Crippen LogP contribution in [0.1, 0.15) is 24.0 Å². The minimum absolute atomic E-state index is 0.320. The molecular weight excluding hydrogens is 284 g/mol. The Morgan fingerprint density at radius 1 is 1.10 bits per heavy atom. The summed E-state index contributed by atoms with van der Waals surface area (Å²) in [6.45, 7) is 2.39. The maximum absolute atomic E-state index is 12.1. The van der Waals surface area contributed by atoms with Crippen molar-refractivity contribution in [2.45, 2.75) is 31.1 Å². The Morgan fingerprint density at radius 2 is 1.86 bits per heavy atom. The van der Waals surface area contributed by atoms with Gasteiger partial charge < -0.3 is 0 Å². The molecule has 5 heteroatoms. The van der Waals surface area contributed by atoms with Gasteiger partial charge in [0.15, 0.2) is 0 Å². The van der Waals surface area contributed by atoms with Crippen LogP contribution in [0.3, 0.4) is 0 Å². The van der Waals surface area contributed by atoms with Crippen molar-refractivity contribution in [1.29, 1.82) is 0 Å². The van der Waals surface area contributed by atoms with Crippen molar-refractivity contribution >= 4 is 10.0 Å². The normalized spacial score (nSPS) is 11.5. The molecule has 0 bridgehead atoms. The first-order valence-electron chi connectivity index (χ1n) is 7.03. The first kappa shape index (κ1) is 15.7. The van der Waals surface area contributed by atoms with Gasteiger partial charge in [-0.3, -0.25) is 4.98 Å². The molecule has 21 heavy (non-hydrogen) atoms. The lowest BCUT2D eigenvalue weighted by Gasteiger charge is -2.07. The van der Waals surface area contributed by atoms with Gasteiger partial charge in [-0.1, -0.05) is 23.8 Å². The zero-order chi connectivity index (χ0) is 15.1. The van der Waals surface area contributed by atoms with Crippen LogP contribution in [-0.2, 0) is 16.4 Å². The summed E-state index contributed by atoms with van der Waals surface area (Å²) in [6, 6.07) is 10.8. The number of aromatic nitrogens is 1. The van der Waals surface area contributed by atoms with Crippen LogP contribution >= 0.6 is 0 Å². The number of nitrogens with one attached hydrogen (secondary N) is 1. The van der Waals surface area contributed by atoms with E-state index in [0.717, 1.165) is 24.8 Å². The highest BCUT2D eigenvalue weighted by Gasteiger charge is 2.12. The number of nitrogens with zero attached hydrogens (tertiary/aromatic N) is 1. The molecule has 0 aliphatic rings. The van der Waals surface area contributed by atoms with Crippen LogP contribution in [0.2, 0.25) is 0 Å². The van der Waals surface area contributed by atoms with Crippen LogP contribution < -0.4 is 4.72 Å². The number of hydrogen-bond acceptors (Lipinski definition) is 3. The topological polar surface area (TPSA) is 59.1 Å². The molecule has 0 spiro atoms. The van der Waals surface area contributed by atoms with Crippen molar-refractivity contribution < 1.29 is 8.42 Å². The monoisotopic (exact) mass is 304 g/mol. The van der Waals surface area contributed by atoms with Gasteiger partial charge in [0.1, 0.15) is 0 Å². The number of benzene rings is 1. The Hall–Kier alpha value is -1.72. The molecule has 2 rings (SSSR count). The number of unbranched alkanes of at least 4 members (excludes halogenated alkanes) is 1. The third-order valence-corrected chi connectivity index (χ3v) is 4.72. The summed E-state index contributed by atoms with van der Waals surface area (Å²) in [4.78, 5) is 4.38. The van der Waals surface area contributed by atoms with Crippen LogP contribution in [0.5, 0.6) is 0 Å². The van der Waals surface area contributed by atoms with Crippen molar-refractivity contribution in [2.24, 2.45) is 0 Å². The van der Waals surface area contributed by atoms with E-state index in [-0.39, 0.29) is 0 Å². The molecule has 1 aromatic carbocycles. The standard InChI is InChI=1S/C16H20N2O2S/c1-14-7-9-16(10-8-14)21(19,20)18-12-3-2-5-15-6-4-11-17-13-15/h4,6-11,13,18H,2-3,5,12H2,1H3. The third kappa shape index (κ3) is 4.95. The van der Waals surface area contributed by atoms with Crippen molar-refractivity contribution in [3.8, 4) is 0 Å². The van der Waals surface area contributed by atoms with Gasteiger partial charge in [-0.2, -0.15) is 0 Å². The van der Waals surface area contributed by atoms with Crippen LogP contribution in [0.25, 0.3) is 0 Å². The largest absolute Gasteiger partial charge is 0.264 e. The quantitative estimate of drug-likeness (QED) is 0.800. The molecule has 2 aromatic rings. The fraction of sp³-hybridized carbons (Fsp3) is 0.312. The average Bonchev–Trinajstić information content (AvgIpc) is 2.48. The molecule has 0 aliphatic carbocycles. The predicted octanol–water partition coefficient (Wildman–Crippen LogP) is 2.69. The van der Waals surface area contributed by atoms with Crippen LogP contribution in [-0.4, -0.2) is 19.9 Å². The molecule has 1 N–H and O–H groups in total. The van der Waals surface area contributed by atoms with Crippen molar-refractivity contribution in [1.82, 2.24) is 9.71 Å². The summed E-state index contributed by atoms with van der Waals surface area (Å²) < 4.78 is 26.7. The van der Waals surface area contributed by atoms with Gasteiger partial charge in [-0.05, 0) is 49.9 Å². The summed E-state index contributed by atoms with van der Waals surface area (Å²) in [5.74, 6) is 0. The highest BCUT2D eigenvalue weighted by atomic mass is 32.2. The van der Waals surface area contributed by atoms with Crippen LogP contribution in [0.4, 0.5) is 0 Å². The van der Waals surface area contributed by atoms with Gasteiger partial charge in [0.2, 0.25) is 10.0 Å². The molecule has 0 atom stereocenters. The third-order valence-electron chi connectivity index (χ3n) is 3.24. The van der Waals surface area contributed by atoms with Gasteiger partial charge in [0, 0.05) is 18.9 Å². The molecule has 0 fully saturated rings. The highest BCUT2D eigenvalue weighted by Crippen LogP contribution is 2.10. The maximum Gasteiger partial charge on any atom is 0.240 e. The summed E-state index contributed by atoms with van der Waals surface area (Å²) in [5, 5.41) is 0. The zero-order valence-electron chi connectivity index (χ0n) is 12.1. The average molecular weight is 304 g/mol. The maximum atomic E-state index is 12.1. The van der Waals surface area contributed by atoms with E-state index in [1.165, 1.54) is 5.56 Å². The Morgan fingerprint density at radius 3 is 2.52 bits per heavy atom. The van der Waals surface area contributed by atoms with Crippen LogP contribution in [0.15, 0.2) is 53.7 Å². The molecule has 0 saturated carbocycles. The number of hydrogen-bond donors (Lipinski definition) is 1. The summed E-state index contributed by atoms with van der Waals surface area (Å²) in [6.07, 6.45) is 6.25. The van der Waals surface area contributed by atoms with Gasteiger partial charge in [0.05, 0.1) is 4.90 Å². The van der Waals surface area contributed by atoms with Gasteiger partial charge in [-0.25, -0.2) is 13.1 Å². The fourth-order valence-corrected chi connectivity index (χ4v) is 3.08. The zero-order valence-corrected chi connectivity index (χ0v) is 12.9. The molecule has 0 radical (unpaired) electrons. The number of aryl methyl sites for hydroxylation is 2. The second kappa shape index (κ2) is 7.33. The number of pyridine rings is 1. The lowest BCUT2D eigenvalue weighted by molar-refractivity contribution is 0.576. The fourth-order valence-electron chi connectivity index (χ4n) is 2.01. The van der Waals surface area contributed by atoms with E-state index in [0.29, 0.717) is 11.4 Å². The first-order chi connectivity index (χ1) is 10.1. The Bertz CT molecular complexity index is 652. The minimum atomic E-state index is -3.38. The molecule has 0 unspecified atom stereocenters. The molecular formula is C16H20N2O2S. The molecule has 1 heterocycles. The van der Waals surface area contributed by atoms with Gasteiger partial charge in [0.25, 0.3) is 0 Å². The summed E-state index contributed by atoms with van der Waals surface area (Å²) in [5.41, 5.74) is 2.23.